The number of aromatic nitrogens is 1. The molecule has 1 saturated heterocycles. The molecular formula is C16H24N2O3. The van der Waals surface area contributed by atoms with E-state index in [1.54, 1.807) is 12.0 Å². The lowest BCUT2D eigenvalue weighted by molar-refractivity contribution is 0.0204. The normalized spacial score (nSPS) is 16.7. The van der Waals surface area contributed by atoms with Gasteiger partial charge in [0, 0.05) is 30.8 Å². The predicted molar refractivity (Wildman–Crippen MR) is 80.6 cm³/mol. The second-order valence-electron chi connectivity index (χ2n) is 6.35. The van der Waals surface area contributed by atoms with Crippen molar-refractivity contribution in [1.29, 1.82) is 0 Å². The zero-order valence-electron chi connectivity index (χ0n) is 13.3. The van der Waals surface area contributed by atoms with E-state index in [0.717, 1.165) is 18.5 Å². The number of likely N-dealkylation sites (tertiary alicyclic amines) is 1. The van der Waals surface area contributed by atoms with Gasteiger partial charge >= 0.3 is 6.09 Å². The molecule has 0 bridgehead atoms. The first-order chi connectivity index (χ1) is 9.89. The Kier molecular flexibility index (Phi) is 4.70. The van der Waals surface area contributed by atoms with E-state index in [4.69, 9.17) is 9.47 Å². The summed E-state index contributed by atoms with van der Waals surface area (Å²) in [6.07, 6.45) is 1.58. The van der Waals surface area contributed by atoms with Crippen LogP contribution in [0.5, 0.6) is 5.88 Å². The van der Waals surface area contributed by atoms with Gasteiger partial charge in [-0.15, -0.1) is 0 Å². The average molecular weight is 292 g/mol. The SMILES string of the molecule is COc1cccc(C2CCN(C(=O)OC(C)(C)C)CC2)n1. The topological polar surface area (TPSA) is 51.7 Å². The highest BCUT2D eigenvalue weighted by Crippen LogP contribution is 2.28. The number of ether oxygens (including phenoxy) is 2. The van der Waals surface area contributed by atoms with Crippen molar-refractivity contribution >= 4 is 6.09 Å². The third kappa shape index (κ3) is 4.34. The zero-order chi connectivity index (χ0) is 15.5. The summed E-state index contributed by atoms with van der Waals surface area (Å²) < 4.78 is 10.6. The Labute approximate surface area is 126 Å². The lowest BCUT2D eigenvalue weighted by Gasteiger charge is -2.33. The van der Waals surface area contributed by atoms with Crippen molar-refractivity contribution in [3.8, 4) is 5.88 Å². The molecule has 1 aliphatic rings. The number of nitrogens with zero attached hydrogens (tertiary/aromatic N) is 2. The predicted octanol–water partition coefficient (Wildman–Crippen LogP) is 3.20. The van der Waals surface area contributed by atoms with Gasteiger partial charge in [0.25, 0.3) is 0 Å². The minimum absolute atomic E-state index is 0.223. The van der Waals surface area contributed by atoms with E-state index < -0.39 is 5.60 Å². The standard InChI is InChI=1S/C16H24N2O3/c1-16(2,3)21-15(19)18-10-8-12(9-11-18)13-6-5-7-14(17-13)20-4/h5-7,12H,8-11H2,1-4H3. The molecule has 0 atom stereocenters. The number of pyridine rings is 1. The maximum absolute atomic E-state index is 12.0. The number of amides is 1. The first-order valence-electron chi connectivity index (χ1n) is 7.38. The molecule has 0 spiro atoms. The summed E-state index contributed by atoms with van der Waals surface area (Å²) in [6.45, 7) is 7.07. The van der Waals surface area contributed by atoms with E-state index in [1.807, 2.05) is 39.0 Å². The summed E-state index contributed by atoms with van der Waals surface area (Å²) in [5.74, 6) is 1.01. The van der Waals surface area contributed by atoms with Crippen molar-refractivity contribution in [2.75, 3.05) is 20.2 Å². The molecule has 1 aromatic rings. The largest absolute Gasteiger partial charge is 0.481 e. The molecule has 0 radical (unpaired) electrons. The first-order valence-corrected chi connectivity index (χ1v) is 7.38. The first kappa shape index (κ1) is 15.6. The smallest absolute Gasteiger partial charge is 0.410 e. The van der Waals surface area contributed by atoms with E-state index >= 15 is 0 Å². The van der Waals surface area contributed by atoms with Gasteiger partial charge in [-0.3, -0.25) is 0 Å². The third-order valence-electron chi connectivity index (χ3n) is 3.52. The van der Waals surface area contributed by atoms with Crippen LogP contribution in [0.4, 0.5) is 4.79 Å². The van der Waals surface area contributed by atoms with Crippen LogP contribution in [-0.2, 0) is 4.74 Å². The Bertz CT molecular complexity index is 489. The minimum atomic E-state index is -0.442. The van der Waals surface area contributed by atoms with E-state index in [9.17, 15) is 4.79 Å². The highest BCUT2D eigenvalue weighted by molar-refractivity contribution is 5.68. The molecule has 1 aliphatic heterocycles. The van der Waals surface area contributed by atoms with Crippen LogP contribution >= 0.6 is 0 Å². The van der Waals surface area contributed by atoms with Gasteiger partial charge in [0.2, 0.25) is 5.88 Å². The fraction of sp³-hybridized carbons (Fsp3) is 0.625. The Balaban J connectivity index is 1.92. The Morgan fingerprint density at radius 2 is 1.95 bits per heavy atom. The molecule has 0 N–H and O–H groups in total. The summed E-state index contributed by atoms with van der Waals surface area (Å²) in [4.78, 5) is 18.3. The quantitative estimate of drug-likeness (QED) is 0.840. The van der Waals surface area contributed by atoms with Gasteiger partial charge in [0.15, 0.2) is 0 Å². The van der Waals surface area contributed by atoms with Crippen LogP contribution in [0, 0.1) is 0 Å². The molecule has 1 fully saturated rings. The van der Waals surface area contributed by atoms with Gasteiger partial charge in [-0.1, -0.05) is 6.07 Å². The fourth-order valence-electron chi connectivity index (χ4n) is 2.46. The van der Waals surface area contributed by atoms with Gasteiger partial charge in [-0.25, -0.2) is 9.78 Å². The number of methoxy groups -OCH3 is 1. The Morgan fingerprint density at radius 1 is 1.29 bits per heavy atom. The molecule has 5 nitrogen and oxygen atoms in total. The number of carbonyl (C=O) groups is 1. The minimum Gasteiger partial charge on any atom is -0.481 e. The molecule has 2 rings (SSSR count). The van der Waals surface area contributed by atoms with E-state index in [2.05, 4.69) is 4.98 Å². The summed E-state index contributed by atoms with van der Waals surface area (Å²) >= 11 is 0. The van der Waals surface area contributed by atoms with Crippen LogP contribution in [0.1, 0.15) is 45.2 Å². The monoisotopic (exact) mass is 292 g/mol. The van der Waals surface area contributed by atoms with Crippen molar-refractivity contribution in [2.45, 2.75) is 45.1 Å². The zero-order valence-corrected chi connectivity index (χ0v) is 13.3. The number of hydrogen-bond donors (Lipinski definition) is 0. The summed E-state index contributed by atoms with van der Waals surface area (Å²) in [6, 6.07) is 5.83. The van der Waals surface area contributed by atoms with E-state index in [-0.39, 0.29) is 6.09 Å². The molecule has 2 heterocycles. The third-order valence-corrected chi connectivity index (χ3v) is 3.52. The summed E-state index contributed by atoms with van der Waals surface area (Å²) in [7, 11) is 1.62. The molecule has 116 valence electrons. The molecule has 5 heteroatoms. The van der Waals surface area contributed by atoms with Gasteiger partial charge in [-0.2, -0.15) is 0 Å². The van der Waals surface area contributed by atoms with Gasteiger partial charge in [0.05, 0.1) is 7.11 Å². The van der Waals surface area contributed by atoms with Gasteiger partial charge in [0.1, 0.15) is 5.60 Å². The van der Waals surface area contributed by atoms with Crippen molar-refractivity contribution in [3.05, 3.63) is 23.9 Å². The van der Waals surface area contributed by atoms with Crippen LogP contribution in [0.3, 0.4) is 0 Å². The highest BCUT2D eigenvalue weighted by Gasteiger charge is 2.28. The summed E-state index contributed by atoms with van der Waals surface area (Å²) in [5, 5.41) is 0. The van der Waals surface area contributed by atoms with Crippen LogP contribution in [0.2, 0.25) is 0 Å². The molecule has 21 heavy (non-hydrogen) atoms. The molecular weight excluding hydrogens is 268 g/mol. The molecule has 0 aromatic carbocycles. The Hall–Kier alpha value is -1.78. The van der Waals surface area contributed by atoms with Crippen LogP contribution in [0.15, 0.2) is 18.2 Å². The molecule has 1 amide bonds. The lowest BCUT2D eigenvalue weighted by Crippen LogP contribution is -2.41. The maximum Gasteiger partial charge on any atom is 0.410 e. The lowest BCUT2D eigenvalue weighted by atomic mass is 9.93. The highest BCUT2D eigenvalue weighted by atomic mass is 16.6. The van der Waals surface area contributed by atoms with Crippen molar-refractivity contribution in [3.63, 3.8) is 0 Å². The van der Waals surface area contributed by atoms with Crippen LogP contribution in [-0.4, -0.2) is 41.8 Å². The van der Waals surface area contributed by atoms with Gasteiger partial charge in [-0.05, 0) is 39.7 Å². The van der Waals surface area contributed by atoms with E-state index in [1.165, 1.54) is 0 Å². The molecule has 0 aliphatic carbocycles. The van der Waals surface area contributed by atoms with E-state index in [0.29, 0.717) is 24.9 Å². The average Bonchev–Trinajstić information content (AvgIpc) is 2.46. The number of rotatable bonds is 2. The van der Waals surface area contributed by atoms with Crippen LogP contribution < -0.4 is 4.74 Å². The molecule has 1 aromatic heterocycles. The molecule has 0 unspecified atom stereocenters. The van der Waals surface area contributed by atoms with Crippen molar-refractivity contribution in [2.24, 2.45) is 0 Å². The Morgan fingerprint density at radius 3 is 2.52 bits per heavy atom. The number of carbonyl (C=O) groups excluding carboxylic acids is 1. The fourth-order valence-corrected chi connectivity index (χ4v) is 2.46. The van der Waals surface area contributed by atoms with Crippen molar-refractivity contribution in [1.82, 2.24) is 9.88 Å². The second-order valence-corrected chi connectivity index (χ2v) is 6.35. The molecule has 0 saturated carbocycles. The summed E-state index contributed by atoms with van der Waals surface area (Å²) in [5.41, 5.74) is 0.598. The number of hydrogen-bond acceptors (Lipinski definition) is 4. The van der Waals surface area contributed by atoms with Crippen molar-refractivity contribution < 1.29 is 14.3 Å². The van der Waals surface area contributed by atoms with Gasteiger partial charge < -0.3 is 14.4 Å². The number of piperidine rings is 1. The van der Waals surface area contributed by atoms with Crippen LogP contribution in [0.25, 0.3) is 0 Å². The second kappa shape index (κ2) is 6.33. The maximum atomic E-state index is 12.0.